The Morgan fingerprint density at radius 1 is 1.00 bits per heavy atom. The Labute approximate surface area is 122 Å². The van der Waals surface area contributed by atoms with Crippen LogP contribution in [0, 0.1) is 0 Å². The van der Waals surface area contributed by atoms with Crippen molar-refractivity contribution in [1.29, 1.82) is 0 Å². The summed E-state index contributed by atoms with van der Waals surface area (Å²) in [5.74, 6) is 1.82. The Morgan fingerprint density at radius 3 is 2.00 bits per heavy atom. The van der Waals surface area contributed by atoms with Gasteiger partial charge in [0.05, 0.1) is 0 Å². The summed E-state index contributed by atoms with van der Waals surface area (Å²) < 4.78 is 11.4. The van der Waals surface area contributed by atoms with Gasteiger partial charge in [-0.3, -0.25) is 4.21 Å². The molecule has 0 spiro atoms. The van der Waals surface area contributed by atoms with Gasteiger partial charge >= 0.3 is 0 Å². The molecule has 1 aliphatic rings. The summed E-state index contributed by atoms with van der Waals surface area (Å²) in [6.45, 7) is 4.55. The Morgan fingerprint density at radius 2 is 1.53 bits per heavy atom. The molecule has 2 nitrogen and oxygen atoms in total. The van der Waals surface area contributed by atoms with E-state index in [-0.39, 0.29) is 0 Å². The molecule has 0 radical (unpaired) electrons. The summed E-state index contributed by atoms with van der Waals surface area (Å²) in [6, 6.07) is 1.33. The Hall–Kier alpha value is 0.110. The molecule has 1 aliphatic heterocycles. The second kappa shape index (κ2) is 10.8. The van der Waals surface area contributed by atoms with Crippen molar-refractivity contribution >= 4 is 10.8 Å². The molecule has 1 fully saturated rings. The minimum atomic E-state index is -0.529. The molecule has 3 heteroatoms. The van der Waals surface area contributed by atoms with Crippen LogP contribution in [0.2, 0.25) is 0 Å². The van der Waals surface area contributed by atoms with Gasteiger partial charge in [0.15, 0.2) is 0 Å². The van der Waals surface area contributed by atoms with E-state index in [1.54, 1.807) is 0 Å². The highest BCUT2D eigenvalue weighted by molar-refractivity contribution is 7.85. The minimum Gasteiger partial charge on any atom is -0.311 e. The fourth-order valence-corrected chi connectivity index (χ4v) is 4.19. The molecule has 0 aliphatic carbocycles. The zero-order chi connectivity index (χ0) is 13.9. The van der Waals surface area contributed by atoms with E-state index in [1.165, 1.54) is 51.4 Å². The van der Waals surface area contributed by atoms with Crippen molar-refractivity contribution < 1.29 is 4.21 Å². The monoisotopic (exact) mass is 287 g/mol. The van der Waals surface area contributed by atoms with Crippen LogP contribution in [0.15, 0.2) is 0 Å². The van der Waals surface area contributed by atoms with E-state index >= 15 is 0 Å². The van der Waals surface area contributed by atoms with Gasteiger partial charge in [0, 0.05) is 34.4 Å². The van der Waals surface area contributed by atoms with E-state index in [4.69, 9.17) is 0 Å². The lowest BCUT2D eigenvalue weighted by Crippen LogP contribution is -2.42. The van der Waals surface area contributed by atoms with Gasteiger partial charge in [0.25, 0.3) is 0 Å². The normalized spacial score (nSPS) is 23.9. The van der Waals surface area contributed by atoms with E-state index in [2.05, 4.69) is 19.2 Å². The first-order valence-corrected chi connectivity index (χ1v) is 9.86. The highest BCUT2D eigenvalue weighted by atomic mass is 32.2. The third-order valence-electron chi connectivity index (χ3n) is 4.17. The number of nitrogens with one attached hydrogen (secondary N) is 1. The molecule has 114 valence electrons. The Balaban J connectivity index is 2.27. The fraction of sp³-hybridized carbons (Fsp3) is 1.00. The topological polar surface area (TPSA) is 29.1 Å². The van der Waals surface area contributed by atoms with Gasteiger partial charge in [-0.05, 0) is 25.7 Å². The first-order chi connectivity index (χ1) is 9.26. The molecule has 1 heterocycles. The summed E-state index contributed by atoms with van der Waals surface area (Å²) in [6.07, 6.45) is 13.0. The average molecular weight is 288 g/mol. The summed E-state index contributed by atoms with van der Waals surface area (Å²) in [5.41, 5.74) is 0. The molecule has 0 amide bonds. The van der Waals surface area contributed by atoms with Crippen molar-refractivity contribution in [3.63, 3.8) is 0 Å². The van der Waals surface area contributed by atoms with Gasteiger partial charge in [-0.2, -0.15) is 0 Å². The maximum absolute atomic E-state index is 11.4. The van der Waals surface area contributed by atoms with Crippen LogP contribution in [-0.2, 0) is 10.8 Å². The van der Waals surface area contributed by atoms with Crippen LogP contribution in [-0.4, -0.2) is 27.8 Å². The van der Waals surface area contributed by atoms with Crippen LogP contribution < -0.4 is 5.32 Å². The average Bonchev–Trinajstić information content (AvgIpc) is 2.41. The predicted octanol–water partition coefficient (Wildman–Crippen LogP) is 4.02. The van der Waals surface area contributed by atoms with E-state index in [0.29, 0.717) is 12.1 Å². The van der Waals surface area contributed by atoms with Crippen LogP contribution in [0.25, 0.3) is 0 Å². The molecule has 0 aromatic rings. The quantitative estimate of drug-likeness (QED) is 0.615. The summed E-state index contributed by atoms with van der Waals surface area (Å²) in [7, 11) is -0.529. The summed E-state index contributed by atoms with van der Waals surface area (Å²) in [4.78, 5) is 0. The van der Waals surface area contributed by atoms with Crippen LogP contribution in [0.4, 0.5) is 0 Å². The van der Waals surface area contributed by atoms with E-state index in [1.807, 2.05) is 0 Å². The number of hydrogen-bond acceptors (Lipinski definition) is 2. The molecule has 0 aromatic carbocycles. The van der Waals surface area contributed by atoms with Crippen molar-refractivity contribution in [3.05, 3.63) is 0 Å². The largest absolute Gasteiger partial charge is 0.311 e. The van der Waals surface area contributed by atoms with Gasteiger partial charge in [-0.1, -0.05) is 52.4 Å². The molecule has 0 unspecified atom stereocenters. The first kappa shape index (κ1) is 17.2. The lowest BCUT2D eigenvalue weighted by molar-refractivity contribution is 0.354. The maximum Gasteiger partial charge on any atom is 0.0249 e. The third-order valence-corrected chi connectivity index (χ3v) is 5.55. The maximum atomic E-state index is 11.4. The molecule has 1 N–H and O–H groups in total. The Bertz CT molecular complexity index is 225. The smallest absolute Gasteiger partial charge is 0.0249 e. The van der Waals surface area contributed by atoms with Crippen molar-refractivity contribution in [1.82, 2.24) is 5.32 Å². The SMILES string of the molecule is CCCCCC(CCCCC)NC1CCS(=O)CC1. The van der Waals surface area contributed by atoms with Crippen molar-refractivity contribution in [3.8, 4) is 0 Å². The molecular formula is C16H33NOS. The lowest BCUT2D eigenvalue weighted by Gasteiger charge is -2.28. The molecule has 0 aromatic heterocycles. The van der Waals surface area contributed by atoms with Crippen molar-refractivity contribution in [2.75, 3.05) is 11.5 Å². The zero-order valence-corrected chi connectivity index (χ0v) is 13.8. The minimum absolute atomic E-state index is 0.529. The van der Waals surface area contributed by atoms with Crippen LogP contribution in [0.3, 0.4) is 0 Å². The van der Waals surface area contributed by atoms with Gasteiger partial charge in [0.2, 0.25) is 0 Å². The lowest BCUT2D eigenvalue weighted by atomic mass is 10.00. The molecule has 0 atom stereocenters. The van der Waals surface area contributed by atoms with E-state index in [9.17, 15) is 4.21 Å². The number of rotatable bonds is 10. The third kappa shape index (κ3) is 8.09. The molecule has 19 heavy (non-hydrogen) atoms. The molecule has 0 bridgehead atoms. The molecule has 1 rings (SSSR count). The number of unbranched alkanes of at least 4 members (excludes halogenated alkanes) is 4. The van der Waals surface area contributed by atoms with E-state index in [0.717, 1.165) is 24.3 Å². The van der Waals surface area contributed by atoms with Gasteiger partial charge in [-0.25, -0.2) is 0 Å². The molecule has 0 saturated carbocycles. The van der Waals surface area contributed by atoms with Gasteiger partial charge < -0.3 is 5.32 Å². The molecule has 1 saturated heterocycles. The second-order valence-electron chi connectivity index (χ2n) is 5.98. The van der Waals surface area contributed by atoms with Gasteiger partial charge in [-0.15, -0.1) is 0 Å². The van der Waals surface area contributed by atoms with Crippen LogP contribution in [0.5, 0.6) is 0 Å². The summed E-state index contributed by atoms with van der Waals surface area (Å²) >= 11 is 0. The first-order valence-electron chi connectivity index (χ1n) is 8.37. The second-order valence-corrected chi connectivity index (χ2v) is 7.67. The zero-order valence-electron chi connectivity index (χ0n) is 13.0. The van der Waals surface area contributed by atoms with Crippen LogP contribution in [0.1, 0.15) is 78.1 Å². The Kier molecular flexibility index (Phi) is 9.80. The summed E-state index contributed by atoms with van der Waals surface area (Å²) in [5, 5.41) is 3.86. The molecular weight excluding hydrogens is 254 g/mol. The van der Waals surface area contributed by atoms with Crippen molar-refractivity contribution in [2.24, 2.45) is 0 Å². The van der Waals surface area contributed by atoms with E-state index < -0.39 is 10.8 Å². The highest BCUT2D eigenvalue weighted by Crippen LogP contribution is 2.15. The number of hydrogen-bond donors (Lipinski definition) is 1. The predicted molar refractivity (Wildman–Crippen MR) is 86.1 cm³/mol. The highest BCUT2D eigenvalue weighted by Gasteiger charge is 2.20. The van der Waals surface area contributed by atoms with Crippen LogP contribution >= 0.6 is 0 Å². The van der Waals surface area contributed by atoms with Crippen molar-refractivity contribution in [2.45, 2.75) is 90.1 Å². The standard InChI is InChI=1S/C16H33NOS/c1-3-5-7-9-15(10-8-6-4-2)17-16-11-13-19(18)14-12-16/h15-17H,3-14H2,1-2H3. The van der Waals surface area contributed by atoms with Gasteiger partial charge in [0.1, 0.15) is 0 Å². The fourth-order valence-electron chi connectivity index (χ4n) is 2.89.